The number of carbonyl (C=O) groups excluding carboxylic acids is 2. The summed E-state index contributed by atoms with van der Waals surface area (Å²) in [5, 5.41) is 8.11. The van der Waals surface area contributed by atoms with Crippen molar-refractivity contribution in [2.75, 3.05) is 31.6 Å². The van der Waals surface area contributed by atoms with E-state index in [1.807, 2.05) is 30.3 Å². The van der Waals surface area contributed by atoms with Crippen molar-refractivity contribution >= 4 is 28.6 Å². The predicted molar refractivity (Wildman–Crippen MR) is 128 cm³/mol. The first-order valence-electron chi connectivity index (χ1n) is 11.3. The molecule has 1 N–H and O–H groups in total. The average molecular weight is 467 g/mol. The van der Waals surface area contributed by atoms with Gasteiger partial charge in [0.1, 0.15) is 24.5 Å². The van der Waals surface area contributed by atoms with Gasteiger partial charge in [0.15, 0.2) is 0 Å². The first-order chi connectivity index (χ1) is 16.3. The summed E-state index contributed by atoms with van der Waals surface area (Å²) in [4.78, 5) is 26.9. The molecule has 1 aliphatic heterocycles. The Morgan fingerprint density at radius 3 is 2.56 bits per heavy atom. The van der Waals surface area contributed by atoms with Crippen LogP contribution in [0, 0.1) is 0 Å². The number of hydrogen-bond donors (Lipinski definition) is 1. The van der Waals surface area contributed by atoms with E-state index >= 15 is 0 Å². The minimum Gasteiger partial charge on any atom is -0.487 e. The van der Waals surface area contributed by atoms with Crippen molar-refractivity contribution in [2.24, 2.45) is 0 Å². The zero-order valence-corrected chi connectivity index (χ0v) is 19.7. The highest BCUT2D eigenvalue weighted by Crippen LogP contribution is 2.31. The molecule has 0 bridgehead atoms. The van der Waals surface area contributed by atoms with Crippen molar-refractivity contribution in [1.82, 2.24) is 14.7 Å². The van der Waals surface area contributed by atoms with Gasteiger partial charge in [0.2, 0.25) is 5.91 Å². The van der Waals surface area contributed by atoms with Gasteiger partial charge in [0, 0.05) is 30.7 Å². The molecule has 9 nitrogen and oxygen atoms in total. The van der Waals surface area contributed by atoms with E-state index in [0.29, 0.717) is 49.9 Å². The fourth-order valence-corrected chi connectivity index (χ4v) is 3.60. The molecule has 3 aromatic rings. The fraction of sp³-hybridized carbons (Fsp3) is 0.400. The second kappa shape index (κ2) is 10.1. The van der Waals surface area contributed by atoms with Crippen molar-refractivity contribution in [3.63, 3.8) is 0 Å². The Morgan fingerprint density at radius 1 is 1.12 bits per heavy atom. The predicted octanol–water partition coefficient (Wildman–Crippen LogP) is 3.82. The van der Waals surface area contributed by atoms with Gasteiger partial charge in [-0.25, -0.2) is 4.79 Å². The smallest absolute Gasteiger partial charge is 0.412 e. The van der Waals surface area contributed by atoms with Crippen LogP contribution in [0.3, 0.4) is 0 Å². The van der Waals surface area contributed by atoms with Crippen LogP contribution in [0.5, 0.6) is 5.75 Å². The molecule has 0 radical (unpaired) electrons. The lowest BCUT2D eigenvalue weighted by Crippen LogP contribution is -2.42. The van der Waals surface area contributed by atoms with Crippen LogP contribution in [0.4, 0.5) is 10.5 Å². The first kappa shape index (κ1) is 23.6. The molecule has 1 fully saturated rings. The number of hydrogen-bond acceptors (Lipinski definition) is 6. The van der Waals surface area contributed by atoms with Crippen LogP contribution >= 0.6 is 0 Å². The van der Waals surface area contributed by atoms with Crippen molar-refractivity contribution in [2.45, 2.75) is 39.5 Å². The van der Waals surface area contributed by atoms with Gasteiger partial charge < -0.3 is 19.1 Å². The lowest BCUT2D eigenvalue weighted by atomic mass is 10.2. The van der Waals surface area contributed by atoms with Crippen molar-refractivity contribution in [1.29, 1.82) is 0 Å². The van der Waals surface area contributed by atoms with Crippen LogP contribution < -0.4 is 10.1 Å². The molecule has 1 aliphatic rings. The van der Waals surface area contributed by atoms with Crippen LogP contribution in [0.25, 0.3) is 10.9 Å². The number of ether oxygens (including phenoxy) is 3. The summed E-state index contributed by atoms with van der Waals surface area (Å²) < 4.78 is 18.4. The molecule has 0 atom stereocenters. The Bertz CT molecular complexity index is 1150. The second-order valence-corrected chi connectivity index (χ2v) is 9.13. The minimum absolute atomic E-state index is 0.0104. The topological polar surface area (TPSA) is 94.9 Å². The van der Waals surface area contributed by atoms with E-state index in [1.54, 1.807) is 48.7 Å². The third-order valence-electron chi connectivity index (χ3n) is 5.19. The molecule has 1 saturated heterocycles. The highest BCUT2D eigenvalue weighted by Gasteiger charge is 2.20. The Morgan fingerprint density at radius 2 is 1.85 bits per heavy atom. The Balaban J connectivity index is 1.57. The van der Waals surface area contributed by atoms with E-state index in [4.69, 9.17) is 14.2 Å². The zero-order valence-electron chi connectivity index (χ0n) is 19.7. The molecule has 0 spiro atoms. The number of anilines is 1. The van der Waals surface area contributed by atoms with Gasteiger partial charge in [-0.3, -0.25) is 14.8 Å². The van der Waals surface area contributed by atoms with E-state index in [1.165, 1.54) is 0 Å². The third-order valence-corrected chi connectivity index (χ3v) is 5.19. The maximum absolute atomic E-state index is 12.6. The van der Waals surface area contributed by atoms with E-state index in [0.717, 1.165) is 10.9 Å². The molecule has 2 amide bonds. The maximum Gasteiger partial charge on any atom is 0.412 e. The number of nitrogens with zero attached hydrogens (tertiary/aromatic N) is 3. The molecular formula is C25H30N4O5. The normalized spacial score (nSPS) is 14.1. The summed E-state index contributed by atoms with van der Waals surface area (Å²) in [6.45, 7) is 8.13. The van der Waals surface area contributed by atoms with Crippen LogP contribution in [0.2, 0.25) is 0 Å². The summed E-state index contributed by atoms with van der Waals surface area (Å²) in [5.41, 5.74) is 1.49. The van der Waals surface area contributed by atoms with E-state index in [2.05, 4.69) is 10.4 Å². The number of fused-ring (bicyclic) bond motifs is 1. The molecule has 4 rings (SSSR count). The molecule has 9 heteroatoms. The number of rotatable bonds is 6. The quantitative estimate of drug-likeness (QED) is 0.594. The lowest BCUT2D eigenvalue weighted by molar-refractivity contribution is -0.136. The standard InChI is InChI=1S/C25H30N4O5/c1-25(2,3)34-24(31)26-21-13-19-15-29(16-23(30)28-9-11-32-12-10-28)27-20(19)14-22(21)33-17-18-7-5-4-6-8-18/h4-8,13-15H,9-12,16-17H2,1-3H3,(H,26,31). The van der Waals surface area contributed by atoms with Crippen LogP contribution in [0.15, 0.2) is 48.7 Å². The Labute approximate surface area is 198 Å². The summed E-state index contributed by atoms with van der Waals surface area (Å²) in [6.07, 6.45) is 1.21. The third kappa shape index (κ3) is 6.26. The van der Waals surface area contributed by atoms with Crippen molar-refractivity contribution < 1.29 is 23.8 Å². The van der Waals surface area contributed by atoms with Gasteiger partial charge >= 0.3 is 6.09 Å². The molecule has 0 unspecified atom stereocenters. The Hall–Kier alpha value is -3.59. The van der Waals surface area contributed by atoms with Gasteiger partial charge in [0.25, 0.3) is 0 Å². The highest BCUT2D eigenvalue weighted by molar-refractivity contribution is 5.93. The summed E-state index contributed by atoms with van der Waals surface area (Å²) in [7, 11) is 0. The molecule has 2 aromatic carbocycles. The number of nitrogens with one attached hydrogen (secondary N) is 1. The molecule has 2 heterocycles. The summed E-state index contributed by atoms with van der Waals surface area (Å²) in [6, 6.07) is 13.3. The highest BCUT2D eigenvalue weighted by atomic mass is 16.6. The molecule has 1 aromatic heterocycles. The van der Waals surface area contributed by atoms with Gasteiger partial charge in [-0.2, -0.15) is 5.10 Å². The molecule has 34 heavy (non-hydrogen) atoms. The molecular weight excluding hydrogens is 436 g/mol. The van der Waals surface area contributed by atoms with Gasteiger partial charge in [-0.1, -0.05) is 30.3 Å². The average Bonchev–Trinajstić information content (AvgIpc) is 3.18. The summed E-state index contributed by atoms with van der Waals surface area (Å²) in [5.74, 6) is 0.454. The number of amides is 2. The number of aromatic nitrogens is 2. The largest absolute Gasteiger partial charge is 0.487 e. The van der Waals surface area contributed by atoms with Crippen LogP contribution in [-0.4, -0.2) is 58.6 Å². The maximum atomic E-state index is 12.6. The first-order valence-corrected chi connectivity index (χ1v) is 11.3. The van der Waals surface area contributed by atoms with Crippen LogP contribution in [0.1, 0.15) is 26.3 Å². The number of carbonyl (C=O) groups is 2. The molecule has 0 aliphatic carbocycles. The zero-order chi connectivity index (χ0) is 24.1. The monoisotopic (exact) mass is 466 g/mol. The molecule has 180 valence electrons. The van der Waals surface area contributed by atoms with Crippen molar-refractivity contribution in [3.05, 3.63) is 54.2 Å². The van der Waals surface area contributed by atoms with Gasteiger partial charge in [-0.05, 0) is 32.4 Å². The van der Waals surface area contributed by atoms with Gasteiger partial charge in [-0.15, -0.1) is 0 Å². The lowest BCUT2D eigenvalue weighted by Gasteiger charge is -2.26. The number of benzene rings is 2. The Kier molecular flexibility index (Phi) is 7.02. The van der Waals surface area contributed by atoms with E-state index in [-0.39, 0.29) is 12.5 Å². The van der Waals surface area contributed by atoms with Crippen molar-refractivity contribution in [3.8, 4) is 5.75 Å². The van der Waals surface area contributed by atoms with E-state index < -0.39 is 11.7 Å². The summed E-state index contributed by atoms with van der Waals surface area (Å²) >= 11 is 0. The molecule has 0 saturated carbocycles. The minimum atomic E-state index is -0.635. The number of morpholine rings is 1. The SMILES string of the molecule is CC(C)(C)OC(=O)Nc1cc2cn(CC(=O)N3CCOCC3)nc2cc1OCc1ccccc1. The van der Waals surface area contributed by atoms with Gasteiger partial charge in [0.05, 0.1) is 24.4 Å². The van der Waals surface area contributed by atoms with Crippen LogP contribution in [-0.2, 0) is 27.4 Å². The van der Waals surface area contributed by atoms with E-state index in [9.17, 15) is 9.59 Å². The fourth-order valence-electron chi connectivity index (χ4n) is 3.60. The second-order valence-electron chi connectivity index (χ2n) is 9.13.